The fraction of sp³-hybridized carbons (Fsp3) is 0.846. The number of amides is 1. The molecule has 1 unspecified atom stereocenters. The molecule has 2 aliphatic rings. The molecule has 0 bridgehead atoms. The van der Waals surface area contributed by atoms with Crippen LogP contribution in [0.5, 0.6) is 0 Å². The summed E-state index contributed by atoms with van der Waals surface area (Å²) in [6, 6.07) is 0. The average Bonchev–Trinajstić information content (AvgIpc) is 2.89. The minimum absolute atomic E-state index is 0.0509. The molecule has 0 aromatic heterocycles. The van der Waals surface area contributed by atoms with Crippen molar-refractivity contribution in [3.05, 3.63) is 0 Å². The Morgan fingerprint density at radius 2 is 2.06 bits per heavy atom. The fourth-order valence-corrected chi connectivity index (χ4v) is 2.18. The molecule has 1 atom stereocenters. The van der Waals surface area contributed by atoms with Crippen LogP contribution in [0.2, 0.25) is 0 Å². The molecule has 2 rings (SSSR count). The number of hydrogen-bond donors (Lipinski definition) is 0. The van der Waals surface area contributed by atoms with Crippen molar-refractivity contribution in [2.45, 2.75) is 45.6 Å². The van der Waals surface area contributed by atoms with Gasteiger partial charge in [-0.3, -0.25) is 4.79 Å². The van der Waals surface area contributed by atoms with Gasteiger partial charge in [-0.05, 0) is 33.1 Å². The monoisotopic (exact) mass is 239 g/mol. The molecule has 1 aliphatic heterocycles. The van der Waals surface area contributed by atoms with Gasteiger partial charge in [-0.2, -0.15) is 0 Å². The summed E-state index contributed by atoms with van der Waals surface area (Å²) in [5, 5.41) is 0. The SMILES string of the molecule is CC(C)(C)OC(=O)N1CC(=O)C(CC2CC2)C1. The van der Waals surface area contributed by atoms with Gasteiger partial charge < -0.3 is 9.64 Å². The number of Topliss-reactive ketones (excluding diaryl/α,β-unsaturated/α-hetero) is 1. The summed E-state index contributed by atoms with van der Waals surface area (Å²) in [7, 11) is 0. The first-order valence-corrected chi connectivity index (χ1v) is 6.36. The molecule has 0 radical (unpaired) electrons. The van der Waals surface area contributed by atoms with Crippen molar-refractivity contribution in [1.29, 1.82) is 0 Å². The standard InChI is InChI=1S/C13H21NO3/c1-13(2,3)17-12(16)14-7-10(11(15)8-14)6-9-4-5-9/h9-10H,4-8H2,1-3H3. The lowest BCUT2D eigenvalue weighted by molar-refractivity contribution is -0.120. The summed E-state index contributed by atoms with van der Waals surface area (Å²) in [6.45, 7) is 6.29. The molecule has 0 N–H and O–H groups in total. The van der Waals surface area contributed by atoms with E-state index in [1.165, 1.54) is 12.8 Å². The number of carbonyl (C=O) groups excluding carboxylic acids is 2. The molecule has 1 amide bonds. The van der Waals surface area contributed by atoms with Crippen LogP contribution >= 0.6 is 0 Å². The Bertz CT molecular complexity index is 328. The van der Waals surface area contributed by atoms with Crippen molar-refractivity contribution in [3.63, 3.8) is 0 Å². The van der Waals surface area contributed by atoms with Crippen molar-refractivity contribution in [1.82, 2.24) is 4.90 Å². The minimum atomic E-state index is -0.491. The lowest BCUT2D eigenvalue weighted by Crippen LogP contribution is -2.35. The highest BCUT2D eigenvalue weighted by atomic mass is 16.6. The Labute approximate surface area is 102 Å². The summed E-state index contributed by atoms with van der Waals surface area (Å²) in [6.07, 6.45) is 3.09. The van der Waals surface area contributed by atoms with Gasteiger partial charge in [-0.15, -0.1) is 0 Å². The van der Waals surface area contributed by atoms with Crippen LogP contribution in [0.25, 0.3) is 0 Å². The molecule has 96 valence electrons. The van der Waals surface area contributed by atoms with Crippen LogP contribution in [0, 0.1) is 11.8 Å². The summed E-state index contributed by atoms with van der Waals surface area (Å²) in [5.74, 6) is 0.973. The second-order valence-electron chi connectivity index (χ2n) is 6.20. The van der Waals surface area contributed by atoms with E-state index in [1.54, 1.807) is 4.90 Å². The van der Waals surface area contributed by atoms with Crippen molar-refractivity contribution in [2.24, 2.45) is 11.8 Å². The number of rotatable bonds is 2. The molecular formula is C13H21NO3. The normalized spacial score (nSPS) is 25.2. The lowest BCUT2D eigenvalue weighted by Gasteiger charge is -2.24. The third kappa shape index (κ3) is 3.45. The molecular weight excluding hydrogens is 218 g/mol. The Morgan fingerprint density at radius 3 is 2.59 bits per heavy atom. The highest BCUT2D eigenvalue weighted by molar-refractivity contribution is 5.89. The van der Waals surface area contributed by atoms with Gasteiger partial charge in [-0.25, -0.2) is 4.79 Å². The van der Waals surface area contributed by atoms with Crippen LogP contribution < -0.4 is 0 Å². The minimum Gasteiger partial charge on any atom is -0.444 e. The molecule has 1 saturated heterocycles. The van der Waals surface area contributed by atoms with Gasteiger partial charge in [0.25, 0.3) is 0 Å². The van der Waals surface area contributed by atoms with Crippen molar-refractivity contribution < 1.29 is 14.3 Å². The maximum Gasteiger partial charge on any atom is 0.410 e. The van der Waals surface area contributed by atoms with E-state index in [9.17, 15) is 9.59 Å². The second-order valence-corrected chi connectivity index (χ2v) is 6.20. The lowest BCUT2D eigenvalue weighted by atomic mass is 10.0. The van der Waals surface area contributed by atoms with E-state index in [4.69, 9.17) is 4.74 Å². The van der Waals surface area contributed by atoms with Crippen LogP contribution in [0.3, 0.4) is 0 Å². The number of likely N-dealkylation sites (tertiary alicyclic amines) is 1. The van der Waals surface area contributed by atoms with E-state index in [2.05, 4.69) is 0 Å². The zero-order valence-corrected chi connectivity index (χ0v) is 10.9. The number of hydrogen-bond acceptors (Lipinski definition) is 3. The first-order valence-electron chi connectivity index (χ1n) is 6.36. The maximum absolute atomic E-state index is 11.8. The van der Waals surface area contributed by atoms with Crippen LogP contribution in [0.1, 0.15) is 40.0 Å². The topological polar surface area (TPSA) is 46.6 Å². The van der Waals surface area contributed by atoms with E-state index in [-0.39, 0.29) is 24.3 Å². The van der Waals surface area contributed by atoms with Crippen LogP contribution in [0.15, 0.2) is 0 Å². The fourth-order valence-electron chi connectivity index (χ4n) is 2.18. The van der Waals surface area contributed by atoms with Crippen molar-refractivity contribution in [2.75, 3.05) is 13.1 Å². The molecule has 1 heterocycles. The predicted octanol–water partition coefficient (Wildman–Crippen LogP) is 2.22. The number of nitrogens with zero attached hydrogens (tertiary/aromatic N) is 1. The van der Waals surface area contributed by atoms with E-state index >= 15 is 0 Å². The van der Waals surface area contributed by atoms with Gasteiger partial charge in [0, 0.05) is 12.5 Å². The zero-order valence-electron chi connectivity index (χ0n) is 10.9. The Kier molecular flexibility index (Phi) is 3.15. The molecule has 0 spiro atoms. The van der Waals surface area contributed by atoms with Crippen LogP contribution in [-0.2, 0) is 9.53 Å². The second kappa shape index (κ2) is 4.31. The summed E-state index contributed by atoms with van der Waals surface area (Å²) in [5.41, 5.74) is -0.491. The summed E-state index contributed by atoms with van der Waals surface area (Å²) < 4.78 is 5.27. The van der Waals surface area contributed by atoms with E-state index in [0.717, 1.165) is 12.3 Å². The Balaban J connectivity index is 1.86. The number of ether oxygens (including phenoxy) is 1. The molecule has 4 nitrogen and oxygen atoms in total. The largest absolute Gasteiger partial charge is 0.444 e. The molecule has 2 fully saturated rings. The third-order valence-corrected chi connectivity index (χ3v) is 3.21. The quantitative estimate of drug-likeness (QED) is 0.742. The predicted molar refractivity (Wildman–Crippen MR) is 63.6 cm³/mol. The molecule has 4 heteroatoms. The van der Waals surface area contributed by atoms with Crippen LogP contribution in [0.4, 0.5) is 4.79 Å². The average molecular weight is 239 g/mol. The highest BCUT2D eigenvalue weighted by Crippen LogP contribution is 2.37. The van der Waals surface area contributed by atoms with E-state index in [0.29, 0.717) is 6.54 Å². The first kappa shape index (κ1) is 12.4. The van der Waals surface area contributed by atoms with Gasteiger partial charge in [0.05, 0.1) is 6.54 Å². The van der Waals surface area contributed by atoms with Gasteiger partial charge in [0.1, 0.15) is 5.60 Å². The molecule has 1 aliphatic carbocycles. The number of ketones is 1. The Hall–Kier alpha value is -1.06. The third-order valence-electron chi connectivity index (χ3n) is 3.21. The first-order chi connectivity index (χ1) is 7.85. The van der Waals surface area contributed by atoms with Gasteiger partial charge in [-0.1, -0.05) is 12.8 Å². The molecule has 17 heavy (non-hydrogen) atoms. The summed E-state index contributed by atoms with van der Waals surface area (Å²) >= 11 is 0. The van der Waals surface area contributed by atoms with E-state index in [1.807, 2.05) is 20.8 Å². The Morgan fingerprint density at radius 1 is 1.41 bits per heavy atom. The van der Waals surface area contributed by atoms with Gasteiger partial charge >= 0.3 is 6.09 Å². The van der Waals surface area contributed by atoms with Crippen molar-refractivity contribution >= 4 is 11.9 Å². The highest BCUT2D eigenvalue weighted by Gasteiger charge is 2.38. The van der Waals surface area contributed by atoms with Gasteiger partial charge in [0.15, 0.2) is 5.78 Å². The van der Waals surface area contributed by atoms with Crippen LogP contribution in [-0.4, -0.2) is 35.5 Å². The molecule has 0 aromatic carbocycles. The molecule has 1 saturated carbocycles. The van der Waals surface area contributed by atoms with Gasteiger partial charge in [0.2, 0.25) is 0 Å². The zero-order chi connectivity index (χ0) is 12.6. The van der Waals surface area contributed by atoms with Crippen molar-refractivity contribution in [3.8, 4) is 0 Å². The smallest absolute Gasteiger partial charge is 0.410 e. The summed E-state index contributed by atoms with van der Waals surface area (Å²) in [4.78, 5) is 25.1. The number of carbonyl (C=O) groups is 2. The van der Waals surface area contributed by atoms with E-state index < -0.39 is 5.60 Å². The maximum atomic E-state index is 11.8. The molecule has 0 aromatic rings.